The van der Waals surface area contributed by atoms with E-state index in [1.54, 1.807) is 0 Å². The lowest BCUT2D eigenvalue weighted by Gasteiger charge is -2.42. The number of fused-ring (bicyclic) bond motifs is 1. The summed E-state index contributed by atoms with van der Waals surface area (Å²) in [5.41, 5.74) is 0. The second-order valence-electron chi connectivity index (χ2n) is 6.73. The molecule has 18 heavy (non-hydrogen) atoms. The van der Waals surface area contributed by atoms with Gasteiger partial charge < -0.3 is 5.32 Å². The molecule has 3 rings (SSSR count). The Hall–Kier alpha value is -0.120. The maximum Gasteiger partial charge on any atom is 0.0224 e. The third-order valence-electron chi connectivity index (χ3n) is 5.32. The minimum atomic E-state index is 0.735. The Morgan fingerprint density at radius 1 is 1.11 bits per heavy atom. The van der Waals surface area contributed by atoms with Crippen molar-refractivity contribution in [1.82, 2.24) is 15.1 Å². The van der Waals surface area contributed by atoms with Crippen molar-refractivity contribution in [2.24, 2.45) is 5.92 Å². The first kappa shape index (κ1) is 12.9. The van der Waals surface area contributed by atoms with Crippen LogP contribution in [0.5, 0.6) is 0 Å². The van der Waals surface area contributed by atoms with Gasteiger partial charge >= 0.3 is 0 Å². The van der Waals surface area contributed by atoms with Gasteiger partial charge in [-0.05, 0) is 51.6 Å². The zero-order valence-electron chi connectivity index (χ0n) is 12.1. The van der Waals surface area contributed by atoms with Gasteiger partial charge in [-0.15, -0.1) is 0 Å². The molecule has 2 aliphatic heterocycles. The van der Waals surface area contributed by atoms with Crippen LogP contribution in [-0.4, -0.2) is 60.6 Å². The minimum Gasteiger partial charge on any atom is -0.314 e. The van der Waals surface area contributed by atoms with E-state index in [-0.39, 0.29) is 0 Å². The van der Waals surface area contributed by atoms with Gasteiger partial charge in [0, 0.05) is 37.8 Å². The van der Waals surface area contributed by atoms with Crippen LogP contribution in [0, 0.1) is 5.92 Å². The van der Waals surface area contributed by atoms with Crippen LogP contribution in [0.4, 0.5) is 0 Å². The highest BCUT2D eigenvalue weighted by Crippen LogP contribution is 2.25. The largest absolute Gasteiger partial charge is 0.314 e. The van der Waals surface area contributed by atoms with Crippen molar-refractivity contribution < 1.29 is 0 Å². The Morgan fingerprint density at radius 3 is 2.72 bits per heavy atom. The van der Waals surface area contributed by atoms with Gasteiger partial charge in [-0.3, -0.25) is 9.80 Å². The number of nitrogens with zero attached hydrogens (tertiary/aromatic N) is 2. The summed E-state index contributed by atoms with van der Waals surface area (Å²) in [4.78, 5) is 5.45. The molecule has 0 aromatic rings. The summed E-state index contributed by atoms with van der Waals surface area (Å²) in [5, 5.41) is 3.69. The van der Waals surface area contributed by atoms with E-state index in [9.17, 15) is 0 Å². The highest BCUT2D eigenvalue weighted by atomic mass is 15.3. The lowest BCUT2D eigenvalue weighted by Crippen LogP contribution is -2.54. The highest BCUT2D eigenvalue weighted by Gasteiger charge is 2.33. The topological polar surface area (TPSA) is 18.5 Å². The molecule has 0 bridgehead atoms. The Labute approximate surface area is 112 Å². The van der Waals surface area contributed by atoms with Gasteiger partial charge in [-0.1, -0.05) is 6.92 Å². The van der Waals surface area contributed by atoms with Crippen molar-refractivity contribution in [1.29, 1.82) is 0 Å². The van der Waals surface area contributed by atoms with Crippen LogP contribution in [-0.2, 0) is 0 Å². The molecule has 2 heterocycles. The summed E-state index contributed by atoms with van der Waals surface area (Å²) in [6.07, 6.45) is 5.66. The predicted molar refractivity (Wildman–Crippen MR) is 75.8 cm³/mol. The number of rotatable bonds is 5. The highest BCUT2D eigenvalue weighted by molar-refractivity contribution is 4.90. The van der Waals surface area contributed by atoms with Crippen LogP contribution in [0.25, 0.3) is 0 Å². The number of nitrogens with one attached hydrogen (secondary N) is 1. The van der Waals surface area contributed by atoms with Gasteiger partial charge in [0.05, 0.1) is 0 Å². The Balaban J connectivity index is 1.46. The summed E-state index contributed by atoms with van der Waals surface area (Å²) in [7, 11) is 0. The van der Waals surface area contributed by atoms with Crippen molar-refractivity contribution in [3.8, 4) is 0 Å². The van der Waals surface area contributed by atoms with Gasteiger partial charge in [0.1, 0.15) is 0 Å². The van der Waals surface area contributed by atoms with E-state index in [0.29, 0.717) is 0 Å². The molecule has 0 amide bonds. The molecule has 0 spiro atoms. The van der Waals surface area contributed by atoms with Crippen LogP contribution >= 0.6 is 0 Å². The van der Waals surface area contributed by atoms with Gasteiger partial charge in [-0.2, -0.15) is 0 Å². The SMILES string of the molecule is CC(CNC1CC1)C(C)N1CCN2CCCC2C1. The van der Waals surface area contributed by atoms with Crippen molar-refractivity contribution in [2.45, 2.75) is 57.7 Å². The molecule has 3 nitrogen and oxygen atoms in total. The molecule has 2 saturated heterocycles. The second kappa shape index (κ2) is 5.48. The summed E-state index contributed by atoms with van der Waals surface area (Å²) >= 11 is 0. The Morgan fingerprint density at radius 2 is 1.94 bits per heavy atom. The molecule has 0 aromatic heterocycles. The molecule has 0 aromatic carbocycles. The Kier molecular flexibility index (Phi) is 3.92. The van der Waals surface area contributed by atoms with Gasteiger partial charge in [-0.25, -0.2) is 0 Å². The van der Waals surface area contributed by atoms with Crippen molar-refractivity contribution >= 4 is 0 Å². The Bertz CT molecular complexity index is 277. The molecule has 3 fully saturated rings. The summed E-state index contributed by atoms with van der Waals surface area (Å²) < 4.78 is 0. The zero-order valence-corrected chi connectivity index (χ0v) is 12.1. The number of piperazine rings is 1. The average Bonchev–Trinajstić information content (AvgIpc) is 3.10. The third kappa shape index (κ3) is 2.89. The normalized spacial score (nSPS) is 33.3. The van der Waals surface area contributed by atoms with Gasteiger partial charge in [0.2, 0.25) is 0 Å². The first-order chi connectivity index (χ1) is 8.74. The lowest BCUT2D eigenvalue weighted by atomic mass is 10.00. The molecule has 1 N–H and O–H groups in total. The molecule has 3 unspecified atom stereocenters. The van der Waals surface area contributed by atoms with Crippen LogP contribution < -0.4 is 5.32 Å². The summed E-state index contributed by atoms with van der Waals surface area (Å²) in [5.74, 6) is 0.776. The van der Waals surface area contributed by atoms with E-state index in [1.807, 2.05) is 0 Å². The monoisotopic (exact) mass is 251 g/mol. The van der Waals surface area contributed by atoms with Crippen LogP contribution in [0.3, 0.4) is 0 Å². The molecule has 104 valence electrons. The molecule has 3 heteroatoms. The fourth-order valence-electron chi connectivity index (χ4n) is 3.56. The molecule has 3 aliphatic rings. The minimum absolute atomic E-state index is 0.735. The van der Waals surface area contributed by atoms with Crippen molar-refractivity contribution in [3.05, 3.63) is 0 Å². The van der Waals surface area contributed by atoms with E-state index in [4.69, 9.17) is 0 Å². The maximum absolute atomic E-state index is 3.69. The van der Waals surface area contributed by atoms with E-state index < -0.39 is 0 Å². The molecular weight excluding hydrogens is 222 g/mol. The third-order valence-corrected chi connectivity index (χ3v) is 5.32. The van der Waals surface area contributed by atoms with Gasteiger partial charge in [0.15, 0.2) is 0 Å². The quantitative estimate of drug-likeness (QED) is 0.800. The fourth-order valence-corrected chi connectivity index (χ4v) is 3.56. The van der Waals surface area contributed by atoms with Crippen molar-refractivity contribution in [2.75, 3.05) is 32.7 Å². The summed E-state index contributed by atoms with van der Waals surface area (Å²) in [6, 6.07) is 2.45. The molecule has 0 radical (unpaired) electrons. The van der Waals surface area contributed by atoms with Crippen LogP contribution in [0.15, 0.2) is 0 Å². The smallest absolute Gasteiger partial charge is 0.0224 e. The van der Waals surface area contributed by atoms with Crippen molar-refractivity contribution in [3.63, 3.8) is 0 Å². The zero-order chi connectivity index (χ0) is 12.5. The molecular formula is C15H29N3. The molecule has 3 atom stereocenters. The van der Waals surface area contributed by atoms with Crippen LogP contribution in [0.2, 0.25) is 0 Å². The number of hydrogen-bond acceptors (Lipinski definition) is 3. The summed E-state index contributed by atoms with van der Waals surface area (Å²) in [6.45, 7) is 11.3. The second-order valence-corrected chi connectivity index (χ2v) is 6.73. The van der Waals surface area contributed by atoms with Gasteiger partial charge in [0.25, 0.3) is 0 Å². The van der Waals surface area contributed by atoms with E-state index in [2.05, 4.69) is 29.0 Å². The average molecular weight is 251 g/mol. The van der Waals surface area contributed by atoms with E-state index >= 15 is 0 Å². The molecule has 1 saturated carbocycles. The standard InChI is InChI=1S/C15H29N3/c1-12(10-16-14-5-6-14)13(2)18-9-8-17-7-3-4-15(17)11-18/h12-16H,3-11H2,1-2H3. The van der Waals surface area contributed by atoms with Crippen LogP contribution in [0.1, 0.15) is 39.5 Å². The molecule has 1 aliphatic carbocycles. The van der Waals surface area contributed by atoms with E-state index in [1.165, 1.54) is 58.4 Å². The first-order valence-electron chi connectivity index (χ1n) is 7.95. The first-order valence-corrected chi connectivity index (χ1v) is 7.95. The maximum atomic E-state index is 3.69. The fraction of sp³-hybridized carbons (Fsp3) is 1.00. The lowest BCUT2D eigenvalue weighted by molar-refractivity contribution is 0.0585. The predicted octanol–water partition coefficient (Wildman–Crippen LogP) is 1.54. The van der Waals surface area contributed by atoms with E-state index in [0.717, 1.165) is 24.0 Å². The number of hydrogen-bond donors (Lipinski definition) is 1.